The fraction of sp³-hybridized carbons (Fsp3) is 0.391. The molecule has 7 nitrogen and oxygen atoms in total. The number of carbonyl (C=O) groups excluding carboxylic acids is 2. The predicted octanol–water partition coefficient (Wildman–Crippen LogP) is 3.76. The molecule has 0 radical (unpaired) electrons. The van der Waals surface area contributed by atoms with Crippen LogP contribution in [0.1, 0.15) is 43.9 Å². The average Bonchev–Trinajstić information content (AvgIpc) is 3.48. The molecule has 0 atom stereocenters. The van der Waals surface area contributed by atoms with Crippen molar-refractivity contribution in [1.82, 2.24) is 0 Å². The second-order valence-corrected chi connectivity index (χ2v) is 7.21. The van der Waals surface area contributed by atoms with E-state index in [1.165, 1.54) is 12.1 Å². The summed E-state index contributed by atoms with van der Waals surface area (Å²) < 4.78 is 71.7. The molecule has 30 heavy (non-hydrogen) atoms. The van der Waals surface area contributed by atoms with Gasteiger partial charge in [0.15, 0.2) is 11.5 Å². The van der Waals surface area contributed by atoms with Crippen LogP contribution in [0.4, 0.5) is 0 Å². The maximum atomic E-state index is 12.5. The molecular weight excluding hydrogens is 388 g/mol. The second-order valence-electron chi connectivity index (χ2n) is 7.21. The lowest BCUT2D eigenvalue weighted by atomic mass is 9.99. The molecule has 1 saturated carbocycles. The Kier molecular flexibility index (Phi) is 3.66. The van der Waals surface area contributed by atoms with E-state index in [1.54, 1.807) is 25.1 Å². The van der Waals surface area contributed by atoms with Gasteiger partial charge in [-0.2, -0.15) is 0 Å². The van der Waals surface area contributed by atoms with Crippen molar-refractivity contribution in [3.05, 3.63) is 41.5 Å². The summed E-state index contributed by atoms with van der Waals surface area (Å²) in [6.07, 6.45) is 1.03. The highest BCUT2D eigenvalue weighted by atomic mass is 16.6. The van der Waals surface area contributed by atoms with E-state index in [0.717, 1.165) is 0 Å². The van der Waals surface area contributed by atoms with E-state index in [9.17, 15) is 9.59 Å². The quantitative estimate of drug-likeness (QED) is 0.604. The fourth-order valence-corrected chi connectivity index (χ4v) is 3.45. The summed E-state index contributed by atoms with van der Waals surface area (Å²) in [7, 11) is -5.88. The number of hydrogen-bond acceptors (Lipinski definition) is 7. The molecule has 0 amide bonds. The zero-order valence-corrected chi connectivity index (χ0v) is 16.3. The summed E-state index contributed by atoms with van der Waals surface area (Å²) in [4.78, 5) is 24.3. The van der Waals surface area contributed by atoms with Crippen molar-refractivity contribution < 1.29 is 41.5 Å². The number of esters is 2. The first-order valence-electron chi connectivity index (χ1n) is 12.5. The molecule has 158 valence electrons. The molecule has 1 fully saturated rings. The minimum atomic E-state index is -2.97. The van der Waals surface area contributed by atoms with Crippen LogP contribution in [0.15, 0.2) is 30.3 Å². The van der Waals surface area contributed by atoms with Gasteiger partial charge >= 0.3 is 11.9 Å². The van der Waals surface area contributed by atoms with Crippen LogP contribution in [-0.4, -0.2) is 39.2 Å². The van der Waals surface area contributed by atoms with Crippen LogP contribution in [0.5, 0.6) is 17.2 Å². The highest BCUT2D eigenvalue weighted by Gasteiger charge is 2.52. The van der Waals surface area contributed by atoms with Gasteiger partial charge in [0, 0.05) is 11.1 Å². The van der Waals surface area contributed by atoms with Gasteiger partial charge in [0.1, 0.15) is 18.6 Å². The Balaban J connectivity index is 1.82. The number of carbonyl (C=O) groups is 2. The number of benzene rings is 2. The maximum absolute atomic E-state index is 12.5. The predicted molar refractivity (Wildman–Crippen MR) is 108 cm³/mol. The first-order chi connectivity index (χ1) is 16.8. The second kappa shape index (κ2) is 7.89. The van der Waals surface area contributed by atoms with Gasteiger partial charge < -0.3 is 23.7 Å². The lowest BCUT2D eigenvalue weighted by molar-refractivity contribution is -0.150. The van der Waals surface area contributed by atoms with Gasteiger partial charge in [-0.05, 0) is 49.6 Å². The van der Waals surface area contributed by atoms with E-state index in [2.05, 4.69) is 0 Å². The summed E-state index contributed by atoms with van der Waals surface area (Å²) in [5, 5.41) is 0. The smallest absolute Gasteiger partial charge is 0.338 e. The van der Waals surface area contributed by atoms with Crippen molar-refractivity contribution >= 4 is 11.9 Å². The average molecular weight is 418 g/mol. The normalized spacial score (nSPS) is 19.6. The first-order valence-corrected chi connectivity index (χ1v) is 9.47. The van der Waals surface area contributed by atoms with Crippen molar-refractivity contribution in [2.75, 3.05) is 27.3 Å². The molecule has 0 N–H and O–H groups in total. The Morgan fingerprint density at radius 2 is 1.93 bits per heavy atom. The first kappa shape index (κ1) is 13.9. The molecule has 0 aromatic heterocycles. The minimum absolute atomic E-state index is 0.0725. The van der Waals surface area contributed by atoms with E-state index in [0.29, 0.717) is 35.1 Å². The van der Waals surface area contributed by atoms with Crippen LogP contribution in [0.25, 0.3) is 11.1 Å². The Bertz CT molecular complexity index is 1180. The van der Waals surface area contributed by atoms with Crippen molar-refractivity contribution in [3.8, 4) is 28.4 Å². The van der Waals surface area contributed by atoms with Crippen LogP contribution >= 0.6 is 0 Å². The minimum Gasteiger partial charge on any atom is -0.493 e. The van der Waals surface area contributed by atoms with Gasteiger partial charge in [-0.25, -0.2) is 4.79 Å². The van der Waals surface area contributed by atoms with Gasteiger partial charge in [0.25, 0.3) is 0 Å². The summed E-state index contributed by atoms with van der Waals surface area (Å²) in [6, 6.07) is 7.63. The lowest BCUT2D eigenvalue weighted by Gasteiger charge is -2.20. The maximum Gasteiger partial charge on any atom is 0.338 e. The van der Waals surface area contributed by atoms with E-state index >= 15 is 0 Å². The molecule has 4 rings (SSSR count). The summed E-state index contributed by atoms with van der Waals surface area (Å²) >= 11 is 0. The molecule has 1 aliphatic heterocycles. The van der Waals surface area contributed by atoms with E-state index in [1.807, 2.05) is 0 Å². The molecule has 1 heterocycles. The monoisotopic (exact) mass is 418 g/mol. The van der Waals surface area contributed by atoms with Gasteiger partial charge in [0.2, 0.25) is 5.75 Å². The molecule has 2 aromatic carbocycles. The zero-order valence-electron chi connectivity index (χ0n) is 22.3. The Hall–Kier alpha value is -3.22. The highest BCUT2D eigenvalue weighted by molar-refractivity contribution is 5.94. The van der Waals surface area contributed by atoms with E-state index in [-0.39, 0.29) is 31.3 Å². The number of methoxy groups -OCH3 is 2. The molecule has 0 bridgehead atoms. The van der Waals surface area contributed by atoms with Crippen molar-refractivity contribution in [2.45, 2.75) is 26.4 Å². The van der Waals surface area contributed by atoms with Crippen molar-refractivity contribution in [2.24, 2.45) is 5.41 Å². The third-order valence-corrected chi connectivity index (χ3v) is 5.34. The molecule has 0 unspecified atom stereocenters. The fourth-order valence-electron chi connectivity index (χ4n) is 3.45. The Labute approximate surface area is 183 Å². The molecule has 7 heteroatoms. The molecule has 2 aliphatic rings. The van der Waals surface area contributed by atoms with Crippen LogP contribution in [0.2, 0.25) is 0 Å². The van der Waals surface area contributed by atoms with Gasteiger partial charge in [-0.3, -0.25) is 4.79 Å². The third-order valence-electron chi connectivity index (χ3n) is 5.34. The summed E-state index contributed by atoms with van der Waals surface area (Å²) in [5.41, 5.74) is 0.994. The summed E-state index contributed by atoms with van der Waals surface area (Å²) in [5.74, 6) is -1.82. The number of hydrogen-bond donors (Lipinski definition) is 0. The number of fused-ring (bicyclic) bond motifs is 1. The number of cyclic esters (lactones) is 1. The topological polar surface area (TPSA) is 80.3 Å². The largest absolute Gasteiger partial charge is 0.493 e. The van der Waals surface area contributed by atoms with Gasteiger partial charge in [0.05, 0.1) is 34.5 Å². The van der Waals surface area contributed by atoms with Crippen molar-refractivity contribution in [1.29, 1.82) is 0 Å². The Morgan fingerprint density at radius 3 is 2.67 bits per heavy atom. The summed E-state index contributed by atoms with van der Waals surface area (Å²) in [6.45, 7) is 1.80. The van der Waals surface area contributed by atoms with Gasteiger partial charge in [-0.15, -0.1) is 0 Å². The SMILES string of the molecule is [2H]C([2H])([2H])Oc1ccc(-c2ccc3c(c2)COC3=O)c(OCC2(C(=O)OCC)CC2)c1OC([2H])([2H])[2H]. The molecule has 0 saturated heterocycles. The molecule has 2 aromatic rings. The molecular formula is C23H24O7. The number of ether oxygens (including phenoxy) is 5. The molecule has 0 spiro atoms. The molecule has 1 aliphatic carbocycles. The van der Waals surface area contributed by atoms with Crippen molar-refractivity contribution in [3.63, 3.8) is 0 Å². The standard InChI is InChI=1S/C23H24O7/c1-4-28-22(25)23(9-10-23)13-30-19-16(7-8-18(26-2)20(19)27-3)14-5-6-17-15(11-14)12-29-21(17)24/h5-8,11H,4,9-10,12-13H2,1-3H3/i2D3,3D3. The van der Waals surface area contributed by atoms with Crippen LogP contribution in [0, 0.1) is 5.41 Å². The van der Waals surface area contributed by atoms with Crippen LogP contribution < -0.4 is 14.2 Å². The Morgan fingerprint density at radius 1 is 1.13 bits per heavy atom. The van der Waals surface area contributed by atoms with Crippen LogP contribution in [0.3, 0.4) is 0 Å². The van der Waals surface area contributed by atoms with E-state index in [4.69, 9.17) is 31.9 Å². The van der Waals surface area contributed by atoms with Crippen LogP contribution in [-0.2, 0) is 20.9 Å². The van der Waals surface area contributed by atoms with Gasteiger partial charge in [-0.1, -0.05) is 6.07 Å². The zero-order chi connectivity index (χ0) is 26.3. The highest BCUT2D eigenvalue weighted by Crippen LogP contribution is 2.50. The third kappa shape index (κ3) is 3.44. The lowest BCUT2D eigenvalue weighted by Crippen LogP contribution is -2.26. The number of rotatable bonds is 8. The van der Waals surface area contributed by atoms with E-state index < -0.39 is 37.2 Å².